The quantitative estimate of drug-likeness (QED) is 0.557. The number of carbonyl (C=O) groups is 1. The second-order valence-corrected chi connectivity index (χ2v) is 10.5. The molecule has 0 atom stereocenters. The van der Waals surface area contributed by atoms with Gasteiger partial charge in [-0.1, -0.05) is 24.3 Å². The second-order valence-electron chi connectivity index (χ2n) is 8.60. The van der Waals surface area contributed by atoms with Crippen molar-refractivity contribution in [1.82, 2.24) is 19.1 Å². The van der Waals surface area contributed by atoms with Crippen LogP contribution in [0.2, 0.25) is 0 Å². The number of sulfonamides is 1. The molecule has 3 heterocycles. The third-order valence-electron chi connectivity index (χ3n) is 6.48. The Labute approximate surface area is 199 Å². The second kappa shape index (κ2) is 9.79. The van der Waals surface area contributed by atoms with Gasteiger partial charge in [0.1, 0.15) is 0 Å². The number of ether oxygens (including phenoxy) is 1. The molecule has 178 valence electrons. The summed E-state index contributed by atoms with van der Waals surface area (Å²) in [5.74, 6) is -0.0678. The van der Waals surface area contributed by atoms with Crippen LogP contribution >= 0.6 is 0 Å². The minimum atomic E-state index is -3.57. The molecule has 0 unspecified atom stereocenters. The zero-order valence-electron chi connectivity index (χ0n) is 19.0. The Balaban J connectivity index is 1.20. The Kier molecular flexibility index (Phi) is 6.60. The fraction of sp³-hybridized carbons (Fsp3) is 0.360. The number of hydrogen-bond acceptors (Lipinski definition) is 6. The van der Waals surface area contributed by atoms with Crippen LogP contribution in [0.5, 0.6) is 0 Å². The van der Waals surface area contributed by atoms with E-state index in [2.05, 4.69) is 34.1 Å². The maximum atomic E-state index is 13.0. The number of piperazine rings is 1. The first-order chi connectivity index (χ1) is 16.5. The lowest BCUT2D eigenvalue weighted by atomic mass is 10.1. The molecule has 8 nitrogen and oxygen atoms in total. The lowest BCUT2D eigenvalue weighted by Crippen LogP contribution is -2.48. The molecule has 2 aliphatic rings. The highest BCUT2D eigenvalue weighted by Gasteiger charge is 2.27. The van der Waals surface area contributed by atoms with Crippen molar-refractivity contribution in [3.8, 4) is 0 Å². The van der Waals surface area contributed by atoms with Gasteiger partial charge in [-0.05, 0) is 35.9 Å². The number of fused-ring (bicyclic) bond motifs is 1. The summed E-state index contributed by atoms with van der Waals surface area (Å²) in [7, 11) is -3.57. The van der Waals surface area contributed by atoms with Crippen molar-refractivity contribution in [2.24, 2.45) is 0 Å². The van der Waals surface area contributed by atoms with Gasteiger partial charge in [-0.2, -0.15) is 4.31 Å². The van der Waals surface area contributed by atoms with Crippen LogP contribution in [0.4, 0.5) is 0 Å². The maximum absolute atomic E-state index is 13.0. The van der Waals surface area contributed by atoms with Crippen molar-refractivity contribution in [3.05, 3.63) is 71.9 Å². The van der Waals surface area contributed by atoms with Crippen LogP contribution < -0.4 is 0 Å². The lowest BCUT2D eigenvalue weighted by Gasteiger charge is -2.35. The van der Waals surface area contributed by atoms with E-state index in [9.17, 15) is 13.2 Å². The lowest BCUT2D eigenvalue weighted by molar-refractivity contribution is 0.0628. The number of pyridine rings is 1. The first-order valence-corrected chi connectivity index (χ1v) is 13.0. The van der Waals surface area contributed by atoms with Gasteiger partial charge in [0.15, 0.2) is 0 Å². The fourth-order valence-corrected chi connectivity index (χ4v) is 5.94. The zero-order chi connectivity index (χ0) is 23.5. The third-order valence-corrected chi connectivity index (χ3v) is 8.39. The Morgan fingerprint density at radius 2 is 1.59 bits per heavy atom. The van der Waals surface area contributed by atoms with Crippen molar-refractivity contribution >= 4 is 26.8 Å². The average molecular weight is 481 g/mol. The molecule has 0 aliphatic carbocycles. The first kappa shape index (κ1) is 22.9. The van der Waals surface area contributed by atoms with Crippen LogP contribution in [-0.4, -0.2) is 85.9 Å². The molecular weight excluding hydrogens is 452 g/mol. The van der Waals surface area contributed by atoms with E-state index in [1.165, 1.54) is 22.0 Å². The molecule has 0 bridgehead atoms. The van der Waals surface area contributed by atoms with Crippen LogP contribution in [0.3, 0.4) is 0 Å². The molecule has 0 N–H and O–H groups in total. The Morgan fingerprint density at radius 3 is 2.32 bits per heavy atom. The third kappa shape index (κ3) is 4.69. The number of benzene rings is 2. The predicted molar refractivity (Wildman–Crippen MR) is 129 cm³/mol. The smallest absolute Gasteiger partial charge is 0.253 e. The monoisotopic (exact) mass is 480 g/mol. The molecule has 3 aromatic rings. The largest absolute Gasteiger partial charge is 0.379 e. The molecule has 2 aliphatic heterocycles. The van der Waals surface area contributed by atoms with Gasteiger partial charge in [0.25, 0.3) is 5.91 Å². The number of carbonyl (C=O) groups excluding carboxylic acids is 1. The van der Waals surface area contributed by atoms with Gasteiger partial charge in [0.05, 0.1) is 23.6 Å². The molecule has 9 heteroatoms. The molecule has 0 spiro atoms. The summed E-state index contributed by atoms with van der Waals surface area (Å²) in [4.78, 5) is 21.9. The van der Waals surface area contributed by atoms with Gasteiger partial charge in [-0.3, -0.25) is 14.7 Å². The molecule has 0 saturated carbocycles. The van der Waals surface area contributed by atoms with E-state index in [0.29, 0.717) is 45.0 Å². The predicted octanol–water partition coefficient (Wildman–Crippen LogP) is 2.21. The topological polar surface area (TPSA) is 83.0 Å². The van der Waals surface area contributed by atoms with Crippen LogP contribution in [-0.2, 0) is 21.3 Å². The molecule has 1 aromatic heterocycles. The van der Waals surface area contributed by atoms with Crippen molar-refractivity contribution in [2.45, 2.75) is 11.4 Å². The van der Waals surface area contributed by atoms with Crippen LogP contribution in [0.15, 0.2) is 65.7 Å². The molecule has 2 aromatic carbocycles. The average Bonchev–Trinajstić information content (AvgIpc) is 2.89. The number of aromatic nitrogens is 1. The highest BCUT2D eigenvalue weighted by molar-refractivity contribution is 7.89. The van der Waals surface area contributed by atoms with Crippen molar-refractivity contribution in [1.29, 1.82) is 0 Å². The highest BCUT2D eigenvalue weighted by atomic mass is 32.2. The zero-order valence-corrected chi connectivity index (χ0v) is 19.8. The van der Waals surface area contributed by atoms with E-state index in [1.54, 1.807) is 12.1 Å². The molecule has 34 heavy (non-hydrogen) atoms. The molecular formula is C25H28N4O4S. The van der Waals surface area contributed by atoms with Gasteiger partial charge < -0.3 is 9.64 Å². The molecule has 0 radical (unpaired) electrons. The van der Waals surface area contributed by atoms with Gasteiger partial charge in [0, 0.05) is 63.0 Å². The summed E-state index contributed by atoms with van der Waals surface area (Å²) in [5.41, 5.74) is 2.72. The van der Waals surface area contributed by atoms with E-state index in [0.717, 1.165) is 30.5 Å². The van der Waals surface area contributed by atoms with Gasteiger partial charge in [-0.25, -0.2) is 8.42 Å². The Hall–Kier alpha value is -2.85. The number of nitrogens with zero attached hydrogens (tertiary/aromatic N) is 4. The van der Waals surface area contributed by atoms with E-state index in [1.807, 2.05) is 17.2 Å². The maximum Gasteiger partial charge on any atom is 0.253 e. The number of para-hydroxylation sites is 1. The summed E-state index contributed by atoms with van der Waals surface area (Å²) in [5, 5.41) is 1.13. The van der Waals surface area contributed by atoms with E-state index >= 15 is 0 Å². The van der Waals surface area contributed by atoms with Crippen molar-refractivity contribution in [2.75, 3.05) is 52.5 Å². The normalized spacial score (nSPS) is 18.3. The van der Waals surface area contributed by atoms with E-state index in [-0.39, 0.29) is 10.8 Å². The standard InChI is InChI=1S/C25H28N4O4S/c30-25(21-6-8-23(9-7-21)34(31,32)29-15-17-33-18-16-29)28-13-11-27(12-14-28)19-22-4-1-3-20-5-2-10-26-24(20)22/h1-10H,11-19H2. The van der Waals surface area contributed by atoms with E-state index < -0.39 is 10.0 Å². The molecule has 5 rings (SSSR count). The number of hydrogen-bond donors (Lipinski definition) is 0. The summed E-state index contributed by atoms with van der Waals surface area (Å²) in [6, 6.07) is 16.5. The number of morpholine rings is 1. The first-order valence-electron chi connectivity index (χ1n) is 11.5. The van der Waals surface area contributed by atoms with Crippen LogP contribution in [0.25, 0.3) is 10.9 Å². The minimum absolute atomic E-state index is 0.0678. The SMILES string of the molecule is O=C(c1ccc(S(=O)(=O)N2CCOCC2)cc1)N1CCN(Cc2cccc3cccnc23)CC1. The summed E-state index contributed by atoms with van der Waals surface area (Å²) in [6.07, 6.45) is 1.82. The summed E-state index contributed by atoms with van der Waals surface area (Å²) < 4.78 is 32.3. The number of amides is 1. The van der Waals surface area contributed by atoms with Crippen LogP contribution in [0, 0.1) is 0 Å². The van der Waals surface area contributed by atoms with Crippen molar-refractivity contribution < 1.29 is 17.9 Å². The molecule has 1 amide bonds. The molecule has 2 fully saturated rings. The van der Waals surface area contributed by atoms with Gasteiger partial charge in [0.2, 0.25) is 10.0 Å². The number of rotatable bonds is 5. The Morgan fingerprint density at radius 1 is 0.882 bits per heavy atom. The Bertz CT molecular complexity index is 1260. The van der Waals surface area contributed by atoms with Gasteiger partial charge in [-0.15, -0.1) is 0 Å². The highest BCUT2D eigenvalue weighted by Crippen LogP contribution is 2.21. The summed E-state index contributed by atoms with van der Waals surface area (Å²) in [6.45, 7) is 5.11. The minimum Gasteiger partial charge on any atom is -0.379 e. The van der Waals surface area contributed by atoms with Gasteiger partial charge >= 0.3 is 0 Å². The van der Waals surface area contributed by atoms with E-state index in [4.69, 9.17) is 4.74 Å². The summed E-state index contributed by atoms with van der Waals surface area (Å²) >= 11 is 0. The van der Waals surface area contributed by atoms with Crippen LogP contribution in [0.1, 0.15) is 15.9 Å². The van der Waals surface area contributed by atoms with Crippen molar-refractivity contribution in [3.63, 3.8) is 0 Å². The fourth-order valence-electron chi connectivity index (χ4n) is 4.53. The molecule has 2 saturated heterocycles.